The number of hydrogen-bond donors (Lipinski definition) is 3. The number of amides is 1. The minimum absolute atomic E-state index is 0.184. The minimum atomic E-state index is -0.184. The largest absolute Gasteiger partial charge is 0.497 e. The Hall–Kier alpha value is -3.38. The number of para-hydroxylation sites is 1. The third-order valence-electron chi connectivity index (χ3n) is 3.78. The van der Waals surface area contributed by atoms with E-state index in [0.717, 1.165) is 17.1 Å². The van der Waals surface area contributed by atoms with Crippen molar-refractivity contribution in [1.82, 2.24) is 0 Å². The first kappa shape index (κ1) is 18.4. The molecule has 3 N–H and O–H groups in total. The Bertz CT molecular complexity index is 910. The maximum Gasteiger partial charge on any atom is 0.255 e. The summed E-state index contributed by atoms with van der Waals surface area (Å²) in [6, 6.07) is 23.9. The average molecular weight is 377 g/mol. The third-order valence-corrected chi connectivity index (χ3v) is 3.99. The number of methoxy groups -OCH3 is 1. The van der Waals surface area contributed by atoms with Crippen LogP contribution in [0.1, 0.15) is 10.4 Å². The number of benzene rings is 3. The van der Waals surface area contributed by atoms with Crippen LogP contribution in [0.15, 0.2) is 78.9 Å². The smallest absolute Gasteiger partial charge is 0.255 e. The van der Waals surface area contributed by atoms with Crippen molar-refractivity contribution in [2.75, 3.05) is 23.1 Å². The van der Waals surface area contributed by atoms with E-state index in [1.54, 1.807) is 43.5 Å². The van der Waals surface area contributed by atoms with E-state index in [1.807, 2.05) is 42.5 Å². The summed E-state index contributed by atoms with van der Waals surface area (Å²) in [6.45, 7) is 0. The molecule has 0 fully saturated rings. The number of carbonyl (C=O) groups is 1. The second kappa shape index (κ2) is 8.82. The predicted molar refractivity (Wildman–Crippen MR) is 114 cm³/mol. The lowest BCUT2D eigenvalue weighted by atomic mass is 10.2. The SMILES string of the molecule is COc1ccc(NC(=O)c2ccc(NC(=S)Nc3ccccc3)cc2)cc1. The van der Waals surface area contributed by atoms with Gasteiger partial charge in [-0.1, -0.05) is 18.2 Å². The number of ether oxygens (including phenoxy) is 1. The van der Waals surface area contributed by atoms with Crippen molar-refractivity contribution in [3.05, 3.63) is 84.4 Å². The molecule has 0 aromatic heterocycles. The van der Waals surface area contributed by atoms with Crippen LogP contribution in [0.3, 0.4) is 0 Å². The molecule has 0 atom stereocenters. The highest BCUT2D eigenvalue weighted by Gasteiger charge is 2.07. The molecule has 0 bridgehead atoms. The topological polar surface area (TPSA) is 62.4 Å². The Kier molecular flexibility index (Phi) is 6.02. The highest BCUT2D eigenvalue weighted by atomic mass is 32.1. The number of anilines is 3. The Labute approximate surface area is 163 Å². The number of nitrogens with one attached hydrogen (secondary N) is 3. The Balaban J connectivity index is 1.57. The van der Waals surface area contributed by atoms with Crippen LogP contribution in [-0.2, 0) is 0 Å². The molecule has 0 heterocycles. The van der Waals surface area contributed by atoms with Gasteiger partial charge in [-0.3, -0.25) is 4.79 Å². The molecule has 27 heavy (non-hydrogen) atoms. The summed E-state index contributed by atoms with van der Waals surface area (Å²) in [6.07, 6.45) is 0. The first-order valence-corrected chi connectivity index (χ1v) is 8.73. The van der Waals surface area contributed by atoms with Gasteiger partial charge < -0.3 is 20.7 Å². The van der Waals surface area contributed by atoms with Crippen molar-refractivity contribution in [2.45, 2.75) is 0 Å². The van der Waals surface area contributed by atoms with Crippen LogP contribution in [0, 0.1) is 0 Å². The van der Waals surface area contributed by atoms with Crippen LogP contribution >= 0.6 is 12.2 Å². The zero-order valence-corrected chi connectivity index (χ0v) is 15.5. The second-order valence-electron chi connectivity index (χ2n) is 5.71. The molecule has 0 aliphatic carbocycles. The van der Waals surface area contributed by atoms with Crippen LogP contribution in [0.25, 0.3) is 0 Å². The zero-order valence-electron chi connectivity index (χ0n) is 14.7. The first-order valence-electron chi connectivity index (χ1n) is 8.32. The lowest BCUT2D eigenvalue weighted by molar-refractivity contribution is 0.102. The molecule has 0 aliphatic heterocycles. The average Bonchev–Trinajstić information content (AvgIpc) is 2.70. The quantitative estimate of drug-likeness (QED) is 0.560. The molecule has 1 amide bonds. The maximum absolute atomic E-state index is 12.3. The van der Waals surface area contributed by atoms with Crippen molar-refractivity contribution in [1.29, 1.82) is 0 Å². The van der Waals surface area contributed by atoms with Gasteiger partial charge in [0, 0.05) is 22.6 Å². The van der Waals surface area contributed by atoms with Crippen LogP contribution in [-0.4, -0.2) is 18.1 Å². The number of rotatable bonds is 5. The summed E-state index contributed by atoms with van der Waals surface area (Å²) in [7, 11) is 1.60. The lowest BCUT2D eigenvalue weighted by Gasteiger charge is -2.11. The molecular formula is C21H19N3O2S. The Morgan fingerprint density at radius 1 is 0.741 bits per heavy atom. The van der Waals surface area contributed by atoms with Gasteiger partial charge in [0.2, 0.25) is 0 Å². The van der Waals surface area contributed by atoms with Crippen LogP contribution in [0.2, 0.25) is 0 Å². The van der Waals surface area contributed by atoms with Crippen molar-refractivity contribution in [2.24, 2.45) is 0 Å². The molecule has 0 unspecified atom stereocenters. The van der Waals surface area contributed by atoms with E-state index in [9.17, 15) is 4.79 Å². The van der Waals surface area contributed by atoms with E-state index in [0.29, 0.717) is 16.4 Å². The van der Waals surface area contributed by atoms with Gasteiger partial charge in [0.15, 0.2) is 5.11 Å². The van der Waals surface area contributed by atoms with E-state index in [2.05, 4.69) is 16.0 Å². The number of thiocarbonyl (C=S) groups is 1. The summed E-state index contributed by atoms with van der Waals surface area (Å²) < 4.78 is 5.11. The van der Waals surface area contributed by atoms with Gasteiger partial charge in [0.1, 0.15) is 5.75 Å². The van der Waals surface area contributed by atoms with Gasteiger partial charge in [-0.2, -0.15) is 0 Å². The molecule has 0 saturated carbocycles. The Morgan fingerprint density at radius 2 is 1.26 bits per heavy atom. The molecule has 0 spiro atoms. The van der Waals surface area contributed by atoms with E-state index >= 15 is 0 Å². The zero-order chi connectivity index (χ0) is 19.1. The van der Waals surface area contributed by atoms with Crippen LogP contribution < -0.4 is 20.7 Å². The molecule has 3 aromatic rings. The van der Waals surface area contributed by atoms with Gasteiger partial charge >= 0.3 is 0 Å². The van der Waals surface area contributed by atoms with Crippen molar-refractivity contribution in [3.8, 4) is 5.75 Å². The molecular weight excluding hydrogens is 358 g/mol. The van der Waals surface area contributed by atoms with Gasteiger partial charge in [-0.25, -0.2) is 0 Å². The standard InChI is InChI=1S/C21H19N3O2S/c1-26-19-13-11-17(12-14-19)22-20(25)15-7-9-18(10-8-15)24-21(27)23-16-5-3-2-4-6-16/h2-14H,1H3,(H,22,25)(H2,23,24,27). The molecule has 0 saturated heterocycles. The molecule has 0 aliphatic rings. The van der Waals surface area contributed by atoms with Gasteiger partial charge in [-0.05, 0) is 72.9 Å². The van der Waals surface area contributed by atoms with Crippen molar-refractivity contribution < 1.29 is 9.53 Å². The van der Waals surface area contributed by atoms with Crippen molar-refractivity contribution in [3.63, 3.8) is 0 Å². The first-order chi connectivity index (χ1) is 13.1. The molecule has 6 heteroatoms. The third kappa shape index (κ3) is 5.29. The minimum Gasteiger partial charge on any atom is -0.497 e. The molecule has 136 valence electrons. The van der Waals surface area contributed by atoms with Gasteiger partial charge in [-0.15, -0.1) is 0 Å². The fourth-order valence-corrected chi connectivity index (χ4v) is 2.63. The van der Waals surface area contributed by atoms with Crippen LogP contribution in [0.4, 0.5) is 17.1 Å². The van der Waals surface area contributed by atoms with Gasteiger partial charge in [0.25, 0.3) is 5.91 Å². The molecule has 3 rings (SSSR count). The van der Waals surface area contributed by atoms with E-state index in [-0.39, 0.29) is 5.91 Å². The predicted octanol–water partition coefficient (Wildman–Crippen LogP) is 4.76. The molecule has 5 nitrogen and oxygen atoms in total. The Morgan fingerprint density at radius 3 is 1.85 bits per heavy atom. The maximum atomic E-state index is 12.3. The van der Waals surface area contributed by atoms with E-state index in [1.165, 1.54) is 0 Å². The van der Waals surface area contributed by atoms with Gasteiger partial charge in [0.05, 0.1) is 7.11 Å². The monoisotopic (exact) mass is 377 g/mol. The normalized spacial score (nSPS) is 9.96. The van der Waals surface area contributed by atoms with Crippen LogP contribution in [0.5, 0.6) is 5.75 Å². The molecule has 3 aromatic carbocycles. The second-order valence-corrected chi connectivity index (χ2v) is 6.11. The fourth-order valence-electron chi connectivity index (χ4n) is 2.40. The highest BCUT2D eigenvalue weighted by Crippen LogP contribution is 2.17. The summed E-state index contributed by atoms with van der Waals surface area (Å²) in [5, 5.41) is 9.53. The summed E-state index contributed by atoms with van der Waals surface area (Å²) in [5.41, 5.74) is 2.96. The van der Waals surface area contributed by atoms with E-state index in [4.69, 9.17) is 17.0 Å². The summed E-state index contributed by atoms with van der Waals surface area (Å²) >= 11 is 5.30. The number of carbonyl (C=O) groups excluding carboxylic acids is 1. The highest BCUT2D eigenvalue weighted by molar-refractivity contribution is 7.80. The lowest BCUT2D eigenvalue weighted by Crippen LogP contribution is -2.19. The van der Waals surface area contributed by atoms with Crippen molar-refractivity contribution >= 4 is 40.3 Å². The summed E-state index contributed by atoms with van der Waals surface area (Å²) in [4.78, 5) is 12.3. The molecule has 0 radical (unpaired) electrons. The fraction of sp³-hybridized carbons (Fsp3) is 0.0476. The van der Waals surface area contributed by atoms with E-state index < -0.39 is 0 Å². The number of hydrogen-bond acceptors (Lipinski definition) is 3. The summed E-state index contributed by atoms with van der Waals surface area (Å²) in [5.74, 6) is 0.556.